The number of hydrogen-bond acceptors (Lipinski definition) is 5. The molecule has 0 saturated carbocycles. The van der Waals surface area contributed by atoms with Crippen molar-refractivity contribution in [2.45, 2.75) is 13.0 Å². The quantitative estimate of drug-likeness (QED) is 0.655. The lowest BCUT2D eigenvalue weighted by Gasteiger charge is -2.09. The maximum Gasteiger partial charge on any atom is 0.308 e. The number of esters is 1. The van der Waals surface area contributed by atoms with Gasteiger partial charge in [0.15, 0.2) is 18.2 Å². The minimum Gasteiger partial charge on any atom is -0.456 e. The standard InChI is InChI=1S/C19H15F2N3O4/c20-14-6-5-12(9-15(14)21)23-18(26)11-28-19(27)7-8-24-16-4-2-1-3-13(16)17(25)10-22-24/h1-6,9-10H,7-8,11H2,(H,23,26). The predicted octanol–water partition coefficient (Wildman–Crippen LogP) is 2.25. The van der Waals surface area contributed by atoms with Crippen LogP contribution in [0.3, 0.4) is 0 Å². The Bertz CT molecular complexity index is 1100. The highest BCUT2D eigenvalue weighted by atomic mass is 19.2. The summed E-state index contributed by atoms with van der Waals surface area (Å²) in [4.78, 5) is 35.4. The number of nitrogens with zero attached hydrogens (tertiary/aromatic N) is 2. The van der Waals surface area contributed by atoms with E-state index in [0.717, 1.165) is 12.1 Å². The van der Waals surface area contributed by atoms with Crippen molar-refractivity contribution in [2.24, 2.45) is 0 Å². The zero-order valence-corrected chi connectivity index (χ0v) is 14.5. The van der Waals surface area contributed by atoms with E-state index in [9.17, 15) is 23.2 Å². The number of hydrogen-bond donors (Lipinski definition) is 1. The summed E-state index contributed by atoms with van der Waals surface area (Å²) >= 11 is 0. The van der Waals surface area contributed by atoms with Gasteiger partial charge in [0.05, 0.1) is 24.7 Å². The van der Waals surface area contributed by atoms with Gasteiger partial charge >= 0.3 is 5.97 Å². The van der Waals surface area contributed by atoms with Crippen LogP contribution in [0.5, 0.6) is 0 Å². The van der Waals surface area contributed by atoms with Crippen LogP contribution in [-0.2, 0) is 20.9 Å². The molecule has 28 heavy (non-hydrogen) atoms. The largest absolute Gasteiger partial charge is 0.456 e. The van der Waals surface area contributed by atoms with E-state index in [2.05, 4.69) is 10.4 Å². The number of benzene rings is 2. The van der Waals surface area contributed by atoms with Gasteiger partial charge in [0.25, 0.3) is 5.91 Å². The van der Waals surface area contributed by atoms with Gasteiger partial charge in [-0.1, -0.05) is 12.1 Å². The molecule has 1 heterocycles. The number of ether oxygens (including phenoxy) is 1. The molecule has 1 amide bonds. The predicted molar refractivity (Wildman–Crippen MR) is 96.6 cm³/mol. The summed E-state index contributed by atoms with van der Waals surface area (Å²) in [5.41, 5.74) is 0.408. The molecule has 9 heteroatoms. The van der Waals surface area contributed by atoms with E-state index in [1.165, 1.54) is 16.9 Å². The van der Waals surface area contributed by atoms with E-state index < -0.39 is 30.1 Å². The third-order valence-electron chi connectivity index (χ3n) is 3.86. The fourth-order valence-corrected chi connectivity index (χ4v) is 2.53. The summed E-state index contributed by atoms with van der Waals surface area (Å²) in [5.74, 6) is -3.47. The normalized spacial score (nSPS) is 10.6. The lowest BCUT2D eigenvalue weighted by molar-refractivity contribution is -0.147. The number of rotatable bonds is 6. The van der Waals surface area contributed by atoms with Crippen molar-refractivity contribution >= 4 is 28.5 Å². The van der Waals surface area contributed by atoms with E-state index in [-0.39, 0.29) is 24.1 Å². The van der Waals surface area contributed by atoms with Gasteiger partial charge in [0, 0.05) is 17.1 Å². The van der Waals surface area contributed by atoms with Gasteiger partial charge in [-0.25, -0.2) is 8.78 Å². The van der Waals surface area contributed by atoms with Crippen LogP contribution in [0.2, 0.25) is 0 Å². The molecule has 0 spiro atoms. The first-order valence-electron chi connectivity index (χ1n) is 8.29. The smallest absolute Gasteiger partial charge is 0.308 e. The van der Waals surface area contributed by atoms with Crippen LogP contribution in [0.15, 0.2) is 53.5 Å². The number of para-hydroxylation sites is 1. The molecule has 0 aliphatic heterocycles. The van der Waals surface area contributed by atoms with E-state index in [4.69, 9.17) is 4.74 Å². The Morgan fingerprint density at radius 1 is 1.11 bits per heavy atom. The molecule has 3 rings (SSSR count). The van der Waals surface area contributed by atoms with Crippen molar-refractivity contribution in [1.82, 2.24) is 9.78 Å². The molecule has 0 bridgehead atoms. The first-order chi connectivity index (χ1) is 13.4. The highest BCUT2D eigenvalue weighted by Gasteiger charge is 2.11. The maximum absolute atomic E-state index is 13.1. The third kappa shape index (κ3) is 4.56. The summed E-state index contributed by atoms with van der Waals surface area (Å²) in [5, 5.41) is 6.77. The van der Waals surface area contributed by atoms with Gasteiger partial charge in [-0.2, -0.15) is 5.10 Å². The fourth-order valence-electron chi connectivity index (χ4n) is 2.53. The highest BCUT2D eigenvalue weighted by molar-refractivity contribution is 5.92. The average Bonchev–Trinajstić information content (AvgIpc) is 2.69. The van der Waals surface area contributed by atoms with E-state index in [1.54, 1.807) is 24.3 Å². The average molecular weight is 387 g/mol. The number of amides is 1. The third-order valence-corrected chi connectivity index (χ3v) is 3.86. The van der Waals surface area contributed by atoms with E-state index in [1.807, 2.05) is 0 Å². The highest BCUT2D eigenvalue weighted by Crippen LogP contribution is 2.13. The summed E-state index contributed by atoms with van der Waals surface area (Å²) in [6.45, 7) is -0.416. The number of carbonyl (C=O) groups excluding carboxylic acids is 2. The van der Waals surface area contributed by atoms with Gasteiger partial charge < -0.3 is 10.1 Å². The molecule has 3 aromatic rings. The van der Waals surface area contributed by atoms with Crippen molar-refractivity contribution in [3.8, 4) is 0 Å². The van der Waals surface area contributed by atoms with Crippen LogP contribution >= 0.6 is 0 Å². The molecule has 0 aliphatic carbocycles. The van der Waals surface area contributed by atoms with Crippen molar-refractivity contribution in [2.75, 3.05) is 11.9 Å². The molecule has 1 N–H and O–H groups in total. The van der Waals surface area contributed by atoms with Crippen LogP contribution in [-0.4, -0.2) is 28.3 Å². The minimum absolute atomic E-state index is 0.0453. The van der Waals surface area contributed by atoms with Crippen molar-refractivity contribution in [3.05, 3.63) is 70.5 Å². The molecule has 0 aliphatic rings. The monoisotopic (exact) mass is 387 g/mol. The second kappa shape index (κ2) is 8.38. The Labute approximate surface area is 157 Å². The van der Waals surface area contributed by atoms with Gasteiger partial charge in [0.2, 0.25) is 5.43 Å². The van der Waals surface area contributed by atoms with Gasteiger partial charge in [-0.15, -0.1) is 0 Å². The second-order valence-electron chi connectivity index (χ2n) is 5.84. The number of aromatic nitrogens is 2. The first kappa shape index (κ1) is 19.2. The lowest BCUT2D eigenvalue weighted by Crippen LogP contribution is -2.22. The number of nitrogens with one attached hydrogen (secondary N) is 1. The number of aryl methyl sites for hydroxylation is 1. The van der Waals surface area contributed by atoms with E-state index in [0.29, 0.717) is 10.9 Å². The van der Waals surface area contributed by atoms with Gasteiger partial charge in [0.1, 0.15) is 0 Å². The number of fused-ring (bicyclic) bond motifs is 1. The molecule has 0 radical (unpaired) electrons. The SMILES string of the molecule is O=C(COC(=O)CCn1ncc(=O)c2ccccc21)Nc1ccc(F)c(F)c1. The summed E-state index contributed by atoms with van der Waals surface area (Å²) in [6.07, 6.45) is 1.10. The van der Waals surface area contributed by atoms with Crippen molar-refractivity contribution in [1.29, 1.82) is 0 Å². The maximum atomic E-state index is 13.1. The van der Waals surface area contributed by atoms with E-state index >= 15 is 0 Å². The molecule has 144 valence electrons. The van der Waals surface area contributed by atoms with Gasteiger partial charge in [-0.05, 0) is 24.3 Å². The summed E-state index contributed by atoms with van der Waals surface area (Å²) < 4.78 is 32.3. The van der Waals surface area contributed by atoms with Crippen LogP contribution in [0, 0.1) is 11.6 Å². The zero-order chi connectivity index (χ0) is 20.1. The molecule has 0 fully saturated rings. The Kier molecular flexibility index (Phi) is 5.73. The molecular weight excluding hydrogens is 372 g/mol. The van der Waals surface area contributed by atoms with Gasteiger partial charge in [-0.3, -0.25) is 19.1 Å². The topological polar surface area (TPSA) is 90.3 Å². The minimum atomic E-state index is -1.10. The Morgan fingerprint density at radius 2 is 1.89 bits per heavy atom. The molecule has 1 aromatic heterocycles. The first-order valence-corrected chi connectivity index (χ1v) is 8.29. The zero-order valence-electron chi connectivity index (χ0n) is 14.5. The second-order valence-corrected chi connectivity index (χ2v) is 5.84. The number of carbonyl (C=O) groups is 2. The fraction of sp³-hybridized carbons (Fsp3) is 0.158. The van der Waals surface area contributed by atoms with Crippen LogP contribution in [0.1, 0.15) is 6.42 Å². The molecular formula is C19H15F2N3O4. The van der Waals surface area contributed by atoms with Crippen molar-refractivity contribution in [3.63, 3.8) is 0 Å². The van der Waals surface area contributed by atoms with Crippen LogP contribution in [0.25, 0.3) is 10.9 Å². The lowest BCUT2D eigenvalue weighted by atomic mass is 10.2. The number of anilines is 1. The Hall–Kier alpha value is -3.62. The van der Waals surface area contributed by atoms with Crippen molar-refractivity contribution < 1.29 is 23.1 Å². The molecule has 2 aromatic carbocycles. The molecule has 0 unspecified atom stereocenters. The molecule has 0 atom stereocenters. The Morgan fingerprint density at radius 3 is 2.68 bits per heavy atom. The number of halogens is 2. The molecule has 0 saturated heterocycles. The summed E-state index contributed by atoms with van der Waals surface area (Å²) in [6, 6.07) is 9.74. The van der Waals surface area contributed by atoms with Crippen LogP contribution < -0.4 is 10.7 Å². The summed E-state index contributed by atoms with van der Waals surface area (Å²) in [7, 11) is 0. The molecule has 7 nitrogen and oxygen atoms in total. The van der Waals surface area contributed by atoms with Crippen LogP contribution in [0.4, 0.5) is 14.5 Å². The Balaban J connectivity index is 1.52.